The lowest BCUT2D eigenvalue weighted by Crippen LogP contribution is -2.45. The summed E-state index contributed by atoms with van der Waals surface area (Å²) in [6, 6.07) is 17.3. The Morgan fingerprint density at radius 2 is 1.84 bits per heavy atom. The summed E-state index contributed by atoms with van der Waals surface area (Å²) < 4.78 is 6.66. The summed E-state index contributed by atoms with van der Waals surface area (Å²) in [4.78, 5) is 12.7. The van der Waals surface area contributed by atoms with Gasteiger partial charge in [0, 0.05) is 9.27 Å². The monoisotopic (exact) mass is 464 g/mol. The molecule has 0 spiro atoms. The van der Waals surface area contributed by atoms with Gasteiger partial charge in [-0.15, -0.1) is 0 Å². The fourth-order valence-electron chi connectivity index (χ4n) is 2.67. The molecule has 2 aromatic carbocycles. The van der Waals surface area contributed by atoms with Gasteiger partial charge in [0.1, 0.15) is 6.61 Å². The van der Waals surface area contributed by atoms with E-state index >= 15 is 0 Å². The normalized spacial score (nSPS) is 16.9. The van der Waals surface area contributed by atoms with Gasteiger partial charge in [-0.3, -0.25) is 0 Å². The number of carbonyl (C=O) groups excluding carboxylic acids is 1. The van der Waals surface area contributed by atoms with Crippen LogP contribution in [-0.2, 0) is 16.1 Å². The van der Waals surface area contributed by atoms with E-state index in [-0.39, 0.29) is 18.6 Å². The van der Waals surface area contributed by atoms with Gasteiger partial charge < -0.3 is 15.4 Å². The molecule has 0 bridgehead atoms. The Hall–Kier alpha value is -1.93. The zero-order chi connectivity index (χ0) is 17.8. The highest BCUT2D eigenvalue weighted by Gasteiger charge is 2.30. The number of allylic oxidation sites excluding steroid dienone is 1. The maximum absolute atomic E-state index is 12.7. The number of hydrogen-bond donors (Lipinski definition) is 2. The van der Waals surface area contributed by atoms with Crippen molar-refractivity contribution in [1.29, 1.82) is 0 Å². The largest absolute Gasteiger partial charge is 0.457 e. The molecule has 2 N–H and O–H groups in total. The molecule has 0 aromatic heterocycles. The molecule has 0 radical (unpaired) electrons. The quantitative estimate of drug-likeness (QED) is 0.410. The summed E-state index contributed by atoms with van der Waals surface area (Å²) in [6.07, 6.45) is 0. The van der Waals surface area contributed by atoms with Crippen LogP contribution in [0.25, 0.3) is 0 Å². The first-order chi connectivity index (χ1) is 12.0. The molecular weight excluding hydrogens is 447 g/mol. The van der Waals surface area contributed by atoms with Gasteiger partial charge in [0.25, 0.3) is 0 Å². The Bertz CT molecular complexity index is 819. The van der Waals surface area contributed by atoms with Crippen molar-refractivity contribution in [3.05, 3.63) is 80.6 Å². The van der Waals surface area contributed by atoms with Gasteiger partial charge in [-0.2, -0.15) is 0 Å². The molecule has 25 heavy (non-hydrogen) atoms. The molecule has 3 rings (SSSR count). The highest BCUT2D eigenvalue weighted by Crippen LogP contribution is 2.28. The third-order valence-electron chi connectivity index (χ3n) is 3.91. The predicted octanol–water partition coefficient (Wildman–Crippen LogP) is 3.83. The van der Waals surface area contributed by atoms with E-state index in [0.29, 0.717) is 16.4 Å². The van der Waals surface area contributed by atoms with E-state index in [1.807, 2.05) is 61.5 Å². The van der Waals surface area contributed by atoms with E-state index in [4.69, 9.17) is 17.0 Å². The summed E-state index contributed by atoms with van der Waals surface area (Å²) in [7, 11) is 0. The van der Waals surface area contributed by atoms with E-state index in [1.165, 1.54) is 0 Å². The molecule has 128 valence electrons. The molecule has 1 atom stereocenters. The van der Waals surface area contributed by atoms with Crippen molar-refractivity contribution < 1.29 is 9.53 Å². The van der Waals surface area contributed by atoms with Gasteiger partial charge in [0.15, 0.2) is 5.11 Å². The summed E-state index contributed by atoms with van der Waals surface area (Å²) in [5.74, 6) is -0.354. The van der Waals surface area contributed by atoms with Gasteiger partial charge in [0.05, 0.1) is 11.6 Å². The Morgan fingerprint density at radius 3 is 2.52 bits per heavy atom. The number of nitrogens with one attached hydrogen (secondary N) is 2. The zero-order valence-corrected chi connectivity index (χ0v) is 16.6. The SMILES string of the molecule is CC1=C(C(=O)OCc2ccccc2)C(c2ccc(I)cc2)NC(=S)N1. The minimum absolute atomic E-state index is 0.236. The average Bonchev–Trinajstić information content (AvgIpc) is 2.60. The molecule has 6 heteroatoms. The van der Waals surface area contributed by atoms with Crippen LogP contribution in [0.1, 0.15) is 24.1 Å². The van der Waals surface area contributed by atoms with E-state index in [0.717, 1.165) is 14.7 Å². The van der Waals surface area contributed by atoms with Crippen molar-refractivity contribution >= 4 is 45.9 Å². The maximum atomic E-state index is 12.7. The summed E-state index contributed by atoms with van der Waals surface area (Å²) >= 11 is 7.51. The van der Waals surface area contributed by atoms with Crippen LogP contribution in [0.2, 0.25) is 0 Å². The van der Waals surface area contributed by atoms with Gasteiger partial charge in [0.2, 0.25) is 0 Å². The van der Waals surface area contributed by atoms with Crippen LogP contribution in [0.3, 0.4) is 0 Å². The van der Waals surface area contributed by atoms with Crippen LogP contribution >= 0.6 is 34.8 Å². The molecule has 1 aliphatic heterocycles. The first-order valence-electron chi connectivity index (χ1n) is 7.79. The highest BCUT2D eigenvalue weighted by atomic mass is 127. The first-order valence-corrected chi connectivity index (χ1v) is 9.28. The van der Waals surface area contributed by atoms with Crippen LogP contribution in [-0.4, -0.2) is 11.1 Å². The van der Waals surface area contributed by atoms with E-state index in [2.05, 4.69) is 33.2 Å². The van der Waals surface area contributed by atoms with Gasteiger partial charge in [-0.25, -0.2) is 4.79 Å². The summed E-state index contributed by atoms with van der Waals surface area (Å²) in [5, 5.41) is 6.69. The standard InChI is InChI=1S/C19H17IN2O2S/c1-12-16(18(23)24-11-13-5-3-2-4-6-13)17(22-19(25)21-12)14-7-9-15(20)10-8-14/h2-10,17H,11H2,1H3,(H2,21,22,25). The number of thiocarbonyl (C=S) groups is 1. The van der Waals surface area contributed by atoms with Crippen molar-refractivity contribution in [2.24, 2.45) is 0 Å². The Balaban J connectivity index is 1.84. The molecule has 1 heterocycles. The van der Waals surface area contributed by atoms with Crippen LogP contribution in [0.15, 0.2) is 65.9 Å². The summed E-state index contributed by atoms with van der Waals surface area (Å²) in [5.41, 5.74) is 3.18. The number of benzene rings is 2. The molecule has 0 fully saturated rings. The lowest BCUT2D eigenvalue weighted by molar-refractivity contribution is -0.140. The first kappa shape index (κ1) is 17.9. The number of halogens is 1. The van der Waals surface area contributed by atoms with E-state index in [1.54, 1.807) is 0 Å². The molecule has 1 unspecified atom stereocenters. The minimum atomic E-state index is -0.354. The fourth-order valence-corrected chi connectivity index (χ4v) is 3.30. The molecule has 0 aliphatic carbocycles. The number of esters is 1. The van der Waals surface area contributed by atoms with E-state index in [9.17, 15) is 4.79 Å². The number of rotatable bonds is 4. The van der Waals surface area contributed by atoms with Gasteiger partial charge in [-0.05, 0) is 65.0 Å². The van der Waals surface area contributed by atoms with Crippen LogP contribution < -0.4 is 10.6 Å². The van der Waals surface area contributed by atoms with Gasteiger partial charge in [-0.1, -0.05) is 42.5 Å². The Kier molecular flexibility index (Phi) is 5.70. The number of hydrogen-bond acceptors (Lipinski definition) is 3. The third kappa shape index (κ3) is 4.38. The van der Waals surface area contributed by atoms with Crippen LogP contribution in [0.4, 0.5) is 0 Å². The zero-order valence-electron chi connectivity index (χ0n) is 13.6. The number of ether oxygens (including phenoxy) is 1. The minimum Gasteiger partial charge on any atom is -0.457 e. The van der Waals surface area contributed by atoms with Crippen molar-refractivity contribution in [2.45, 2.75) is 19.6 Å². The lowest BCUT2D eigenvalue weighted by Gasteiger charge is -2.30. The lowest BCUT2D eigenvalue weighted by atomic mass is 9.96. The molecule has 0 amide bonds. The molecular formula is C19H17IN2O2S. The van der Waals surface area contributed by atoms with E-state index < -0.39 is 0 Å². The van der Waals surface area contributed by atoms with Crippen molar-refractivity contribution in [1.82, 2.24) is 10.6 Å². The smallest absolute Gasteiger partial charge is 0.338 e. The Morgan fingerprint density at radius 1 is 1.16 bits per heavy atom. The Labute approximate surface area is 165 Å². The predicted molar refractivity (Wildman–Crippen MR) is 110 cm³/mol. The van der Waals surface area contributed by atoms with Gasteiger partial charge >= 0.3 is 5.97 Å². The summed E-state index contributed by atoms with van der Waals surface area (Å²) in [6.45, 7) is 2.08. The average molecular weight is 464 g/mol. The molecule has 0 saturated heterocycles. The topological polar surface area (TPSA) is 50.4 Å². The van der Waals surface area contributed by atoms with Crippen LogP contribution in [0, 0.1) is 3.57 Å². The molecule has 1 aliphatic rings. The second-order valence-corrected chi connectivity index (χ2v) is 7.34. The second kappa shape index (κ2) is 7.97. The maximum Gasteiger partial charge on any atom is 0.338 e. The highest BCUT2D eigenvalue weighted by molar-refractivity contribution is 14.1. The number of carbonyl (C=O) groups is 1. The third-order valence-corrected chi connectivity index (χ3v) is 4.84. The molecule has 0 saturated carbocycles. The van der Waals surface area contributed by atoms with Crippen molar-refractivity contribution in [2.75, 3.05) is 0 Å². The van der Waals surface area contributed by atoms with Crippen molar-refractivity contribution in [3.8, 4) is 0 Å². The molecule has 4 nitrogen and oxygen atoms in total. The van der Waals surface area contributed by atoms with Crippen LogP contribution in [0.5, 0.6) is 0 Å². The van der Waals surface area contributed by atoms with Crippen molar-refractivity contribution in [3.63, 3.8) is 0 Å². The second-order valence-electron chi connectivity index (χ2n) is 5.68. The fraction of sp³-hybridized carbons (Fsp3) is 0.158. The molecule has 2 aromatic rings.